The fraction of sp³-hybridized carbons (Fsp3) is 0. The predicted molar refractivity (Wildman–Crippen MR) is 114 cm³/mol. The smallest absolute Gasteiger partial charge is 0.160 e. The monoisotopic (exact) mass is 464 g/mol. The molecule has 0 radical (unpaired) electrons. The van der Waals surface area contributed by atoms with Crippen molar-refractivity contribution in [3.05, 3.63) is 93.9 Å². The van der Waals surface area contributed by atoms with Gasteiger partial charge < -0.3 is 0 Å². The van der Waals surface area contributed by atoms with E-state index in [0.717, 1.165) is 42.8 Å². The second-order valence-electron chi connectivity index (χ2n) is 5.85. The molecule has 2 nitrogen and oxygen atoms in total. The Bertz CT molecular complexity index is 1050. The lowest BCUT2D eigenvalue weighted by Crippen LogP contribution is -1.95. The van der Waals surface area contributed by atoms with Gasteiger partial charge in [-0.25, -0.2) is 9.97 Å². The quantitative estimate of drug-likeness (QED) is 0.325. The number of rotatable bonds is 3. The van der Waals surface area contributed by atoms with Crippen LogP contribution in [0.1, 0.15) is 0 Å². The Morgan fingerprint density at radius 2 is 1.15 bits per heavy atom. The van der Waals surface area contributed by atoms with E-state index in [0.29, 0.717) is 0 Å². The van der Waals surface area contributed by atoms with Crippen LogP contribution in [0.3, 0.4) is 0 Å². The SMILES string of the molecule is Brc1ccc(-c2cc(-c3cccc(Br)c3)nc(-c3ccccc3)n2)cc1. The molecule has 0 aliphatic heterocycles. The van der Waals surface area contributed by atoms with Crippen molar-refractivity contribution < 1.29 is 0 Å². The summed E-state index contributed by atoms with van der Waals surface area (Å²) in [6, 6.07) is 28.4. The van der Waals surface area contributed by atoms with E-state index in [-0.39, 0.29) is 0 Å². The molecule has 0 saturated carbocycles. The maximum absolute atomic E-state index is 4.82. The average Bonchev–Trinajstić information content (AvgIpc) is 2.69. The van der Waals surface area contributed by atoms with Crippen molar-refractivity contribution in [2.45, 2.75) is 0 Å². The first-order chi connectivity index (χ1) is 12.7. The molecule has 0 aliphatic rings. The molecule has 0 saturated heterocycles. The van der Waals surface area contributed by atoms with Gasteiger partial charge in [0.2, 0.25) is 0 Å². The van der Waals surface area contributed by atoms with E-state index < -0.39 is 0 Å². The molecule has 0 fully saturated rings. The van der Waals surface area contributed by atoms with E-state index in [4.69, 9.17) is 9.97 Å². The highest BCUT2D eigenvalue weighted by Gasteiger charge is 2.10. The summed E-state index contributed by atoms with van der Waals surface area (Å²) >= 11 is 7.04. The van der Waals surface area contributed by atoms with Crippen LogP contribution in [0.25, 0.3) is 33.9 Å². The number of benzene rings is 3. The summed E-state index contributed by atoms with van der Waals surface area (Å²) in [6.07, 6.45) is 0. The predicted octanol–water partition coefficient (Wildman–Crippen LogP) is 7.00. The van der Waals surface area contributed by atoms with Gasteiger partial charge in [-0.15, -0.1) is 0 Å². The van der Waals surface area contributed by atoms with Gasteiger partial charge in [0.1, 0.15) is 0 Å². The number of hydrogen-bond donors (Lipinski definition) is 0. The topological polar surface area (TPSA) is 25.8 Å². The molecule has 26 heavy (non-hydrogen) atoms. The Balaban J connectivity index is 1.91. The number of hydrogen-bond acceptors (Lipinski definition) is 2. The number of aromatic nitrogens is 2. The molecule has 1 aromatic heterocycles. The summed E-state index contributed by atoms with van der Waals surface area (Å²) in [5.74, 6) is 0.723. The van der Waals surface area contributed by atoms with Crippen LogP contribution in [0.4, 0.5) is 0 Å². The van der Waals surface area contributed by atoms with Crippen LogP contribution in [-0.2, 0) is 0 Å². The minimum Gasteiger partial charge on any atom is -0.228 e. The fourth-order valence-electron chi connectivity index (χ4n) is 2.73. The molecule has 1 heterocycles. The van der Waals surface area contributed by atoms with Crippen molar-refractivity contribution in [3.63, 3.8) is 0 Å². The first-order valence-electron chi connectivity index (χ1n) is 8.15. The lowest BCUT2D eigenvalue weighted by molar-refractivity contribution is 1.18. The minimum absolute atomic E-state index is 0.723. The zero-order valence-corrected chi connectivity index (χ0v) is 16.9. The molecule has 0 atom stereocenters. The molecular formula is C22H14Br2N2. The highest BCUT2D eigenvalue weighted by molar-refractivity contribution is 9.10. The van der Waals surface area contributed by atoms with Gasteiger partial charge in [0.05, 0.1) is 11.4 Å². The van der Waals surface area contributed by atoms with Gasteiger partial charge >= 0.3 is 0 Å². The highest BCUT2D eigenvalue weighted by atomic mass is 79.9. The van der Waals surface area contributed by atoms with Crippen molar-refractivity contribution in [1.29, 1.82) is 0 Å². The van der Waals surface area contributed by atoms with Crippen molar-refractivity contribution in [3.8, 4) is 33.9 Å². The molecule has 0 spiro atoms. The van der Waals surface area contributed by atoms with Crippen molar-refractivity contribution in [1.82, 2.24) is 9.97 Å². The van der Waals surface area contributed by atoms with Crippen LogP contribution in [0.5, 0.6) is 0 Å². The lowest BCUT2D eigenvalue weighted by atomic mass is 10.1. The Morgan fingerprint density at radius 3 is 1.85 bits per heavy atom. The van der Waals surface area contributed by atoms with E-state index in [1.54, 1.807) is 0 Å². The molecule has 0 bridgehead atoms. The van der Waals surface area contributed by atoms with E-state index in [1.165, 1.54) is 0 Å². The first kappa shape index (κ1) is 17.1. The molecule has 4 heteroatoms. The van der Waals surface area contributed by atoms with Crippen LogP contribution < -0.4 is 0 Å². The molecule has 0 aliphatic carbocycles. The summed E-state index contributed by atoms with van der Waals surface area (Å²) in [7, 11) is 0. The van der Waals surface area contributed by atoms with E-state index in [1.807, 2.05) is 60.7 Å². The molecule has 3 aromatic carbocycles. The highest BCUT2D eigenvalue weighted by Crippen LogP contribution is 2.29. The molecule has 0 amide bonds. The van der Waals surface area contributed by atoms with E-state index >= 15 is 0 Å². The largest absolute Gasteiger partial charge is 0.228 e. The maximum atomic E-state index is 4.82. The molecule has 0 unspecified atom stereocenters. The molecular weight excluding hydrogens is 452 g/mol. The van der Waals surface area contributed by atoms with E-state index in [9.17, 15) is 0 Å². The molecule has 4 rings (SSSR count). The Kier molecular flexibility index (Phi) is 4.96. The summed E-state index contributed by atoms with van der Waals surface area (Å²) in [5.41, 5.74) is 4.92. The second-order valence-corrected chi connectivity index (χ2v) is 7.68. The van der Waals surface area contributed by atoms with Gasteiger partial charge in [0.25, 0.3) is 0 Å². The van der Waals surface area contributed by atoms with Gasteiger partial charge in [-0.3, -0.25) is 0 Å². The first-order valence-corrected chi connectivity index (χ1v) is 9.74. The normalized spacial score (nSPS) is 10.7. The number of halogens is 2. The Labute approximate surface area is 169 Å². The van der Waals surface area contributed by atoms with Gasteiger partial charge in [0, 0.05) is 25.6 Å². The fourth-order valence-corrected chi connectivity index (χ4v) is 3.39. The number of nitrogens with zero attached hydrogens (tertiary/aromatic N) is 2. The van der Waals surface area contributed by atoms with Crippen molar-refractivity contribution in [2.75, 3.05) is 0 Å². The molecule has 126 valence electrons. The van der Waals surface area contributed by atoms with Crippen LogP contribution in [-0.4, -0.2) is 9.97 Å². The Hall–Kier alpha value is -2.30. The lowest BCUT2D eigenvalue weighted by Gasteiger charge is -2.09. The van der Waals surface area contributed by atoms with Gasteiger partial charge in [-0.1, -0.05) is 86.5 Å². The summed E-state index contributed by atoms with van der Waals surface area (Å²) in [4.78, 5) is 9.63. The Morgan fingerprint density at radius 1 is 0.500 bits per heavy atom. The average molecular weight is 466 g/mol. The third-order valence-electron chi connectivity index (χ3n) is 4.02. The van der Waals surface area contributed by atoms with Crippen LogP contribution in [0.15, 0.2) is 93.9 Å². The van der Waals surface area contributed by atoms with Crippen LogP contribution in [0.2, 0.25) is 0 Å². The third kappa shape index (κ3) is 3.76. The minimum atomic E-state index is 0.723. The van der Waals surface area contributed by atoms with Crippen LogP contribution >= 0.6 is 31.9 Å². The standard InChI is InChI=1S/C22H14Br2N2/c23-18-11-9-15(10-12-18)20-14-21(17-7-4-8-19(24)13-17)26-22(25-20)16-5-2-1-3-6-16/h1-14H. The van der Waals surface area contributed by atoms with Gasteiger partial charge in [0.15, 0.2) is 5.82 Å². The summed E-state index contributed by atoms with van der Waals surface area (Å²) < 4.78 is 2.07. The third-order valence-corrected chi connectivity index (χ3v) is 5.04. The zero-order chi connectivity index (χ0) is 17.9. The second kappa shape index (κ2) is 7.52. The summed E-state index contributed by atoms with van der Waals surface area (Å²) in [6.45, 7) is 0. The van der Waals surface area contributed by atoms with Crippen molar-refractivity contribution >= 4 is 31.9 Å². The van der Waals surface area contributed by atoms with Crippen LogP contribution in [0, 0.1) is 0 Å². The van der Waals surface area contributed by atoms with Gasteiger partial charge in [-0.2, -0.15) is 0 Å². The maximum Gasteiger partial charge on any atom is 0.160 e. The molecule has 0 N–H and O–H groups in total. The molecule has 4 aromatic rings. The van der Waals surface area contributed by atoms with E-state index in [2.05, 4.69) is 56.1 Å². The van der Waals surface area contributed by atoms with Gasteiger partial charge in [-0.05, 0) is 30.3 Å². The zero-order valence-electron chi connectivity index (χ0n) is 13.7. The summed E-state index contributed by atoms with van der Waals surface area (Å²) in [5, 5.41) is 0. The van der Waals surface area contributed by atoms with Crippen molar-refractivity contribution in [2.24, 2.45) is 0 Å².